The second-order valence-corrected chi connectivity index (χ2v) is 4.99. The van der Waals surface area contributed by atoms with E-state index in [-0.39, 0.29) is 11.2 Å². The van der Waals surface area contributed by atoms with Gasteiger partial charge in [-0.25, -0.2) is 4.39 Å². The number of benzene rings is 1. The molecular formula is C13H21FN2O. The van der Waals surface area contributed by atoms with Crippen LogP contribution in [0, 0.1) is 11.2 Å². The highest BCUT2D eigenvalue weighted by molar-refractivity contribution is 5.65. The van der Waals surface area contributed by atoms with Gasteiger partial charge in [0.1, 0.15) is 5.82 Å². The molecule has 0 saturated carbocycles. The lowest BCUT2D eigenvalue weighted by Crippen LogP contribution is -2.25. The predicted octanol–water partition coefficient (Wildman–Crippen LogP) is 2.88. The van der Waals surface area contributed by atoms with Crippen LogP contribution in [-0.4, -0.2) is 20.3 Å². The van der Waals surface area contributed by atoms with Crippen molar-refractivity contribution in [3.05, 3.63) is 24.0 Å². The van der Waals surface area contributed by atoms with Crippen LogP contribution in [0.4, 0.5) is 15.8 Å². The Balaban J connectivity index is 2.54. The number of rotatable bonds is 6. The Kier molecular flexibility index (Phi) is 4.75. The Morgan fingerprint density at radius 3 is 2.71 bits per heavy atom. The minimum atomic E-state index is -0.313. The van der Waals surface area contributed by atoms with E-state index in [2.05, 4.69) is 19.2 Å². The van der Waals surface area contributed by atoms with E-state index < -0.39 is 0 Å². The molecule has 1 aromatic carbocycles. The van der Waals surface area contributed by atoms with Crippen molar-refractivity contribution in [2.24, 2.45) is 5.41 Å². The molecule has 0 bridgehead atoms. The summed E-state index contributed by atoms with van der Waals surface area (Å²) in [6.45, 7) is 5.80. The van der Waals surface area contributed by atoms with Crippen molar-refractivity contribution in [2.75, 3.05) is 31.3 Å². The SMILES string of the molecule is COCCC(C)(C)CNc1ccc(F)cc1N. The van der Waals surface area contributed by atoms with Crippen LogP contribution in [0.15, 0.2) is 18.2 Å². The highest BCUT2D eigenvalue weighted by Crippen LogP contribution is 2.24. The summed E-state index contributed by atoms with van der Waals surface area (Å²) < 4.78 is 17.9. The van der Waals surface area contributed by atoms with Crippen molar-refractivity contribution in [3.8, 4) is 0 Å². The Bertz CT molecular complexity index is 366. The average molecular weight is 240 g/mol. The summed E-state index contributed by atoms with van der Waals surface area (Å²) in [7, 11) is 1.70. The molecule has 0 aliphatic carbocycles. The maximum absolute atomic E-state index is 12.9. The van der Waals surface area contributed by atoms with Gasteiger partial charge in [-0.15, -0.1) is 0 Å². The summed E-state index contributed by atoms with van der Waals surface area (Å²) in [5.41, 5.74) is 7.04. The molecule has 0 spiro atoms. The Morgan fingerprint density at radius 2 is 2.12 bits per heavy atom. The van der Waals surface area contributed by atoms with Crippen molar-refractivity contribution in [1.29, 1.82) is 0 Å². The minimum Gasteiger partial charge on any atom is -0.397 e. The largest absolute Gasteiger partial charge is 0.397 e. The normalized spacial score (nSPS) is 11.5. The summed E-state index contributed by atoms with van der Waals surface area (Å²) >= 11 is 0. The molecule has 0 aliphatic heterocycles. The van der Waals surface area contributed by atoms with E-state index >= 15 is 0 Å². The Morgan fingerprint density at radius 1 is 1.41 bits per heavy atom. The molecular weight excluding hydrogens is 219 g/mol. The van der Waals surface area contributed by atoms with Crippen LogP contribution < -0.4 is 11.1 Å². The standard InChI is InChI=1S/C13H21FN2O/c1-13(2,6-7-17-3)9-16-12-5-4-10(14)8-11(12)15/h4-5,8,16H,6-7,9,15H2,1-3H3. The first-order valence-corrected chi connectivity index (χ1v) is 5.72. The number of nitrogen functional groups attached to an aromatic ring is 1. The lowest BCUT2D eigenvalue weighted by atomic mass is 9.89. The quantitative estimate of drug-likeness (QED) is 0.752. The molecule has 1 aromatic rings. The number of hydrogen-bond acceptors (Lipinski definition) is 3. The van der Waals surface area contributed by atoms with Crippen LogP contribution in [0.5, 0.6) is 0 Å². The summed E-state index contributed by atoms with van der Waals surface area (Å²) in [6, 6.07) is 4.39. The first-order valence-electron chi connectivity index (χ1n) is 5.72. The zero-order valence-corrected chi connectivity index (χ0v) is 10.7. The number of nitrogens with two attached hydrogens (primary N) is 1. The average Bonchev–Trinajstić information content (AvgIpc) is 2.25. The fourth-order valence-electron chi connectivity index (χ4n) is 1.50. The molecule has 0 atom stereocenters. The minimum absolute atomic E-state index is 0.108. The number of ether oxygens (including phenoxy) is 1. The maximum atomic E-state index is 12.9. The third kappa shape index (κ3) is 4.61. The smallest absolute Gasteiger partial charge is 0.125 e. The van der Waals surface area contributed by atoms with E-state index in [1.54, 1.807) is 13.2 Å². The molecule has 0 aromatic heterocycles. The Labute approximate surface area is 102 Å². The van der Waals surface area contributed by atoms with E-state index in [1.807, 2.05) is 0 Å². The van der Waals surface area contributed by atoms with E-state index in [0.29, 0.717) is 5.69 Å². The zero-order chi connectivity index (χ0) is 12.9. The number of nitrogens with one attached hydrogen (secondary N) is 1. The van der Waals surface area contributed by atoms with E-state index in [1.165, 1.54) is 12.1 Å². The number of methoxy groups -OCH3 is 1. The van der Waals surface area contributed by atoms with Gasteiger partial charge in [-0.3, -0.25) is 0 Å². The molecule has 1 rings (SSSR count). The van der Waals surface area contributed by atoms with Crippen LogP contribution in [0.25, 0.3) is 0 Å². The molecule has 96 valence electrons. The molecule has 4 heteroatoms. The maximum Gasteiger partial charge on any atom is 0.125 e. The summed E-state index contributed by atoms with van der Waals surface area (Å²) in [5.74, 6) is -0.313. The number of anilines is 2. The van der Waals surface area contributed by atoms with Crippen LogP contribution in [0.1, 0.15) is 20.3 Å². The highest BCUT2D eigenvalue weighted by Gasteiger charge is 2.17. The van der Waals surface area contributed by atoms with Gasteiger partial charge in [-0.05, 0) is 30.0 Å². The van der Waals surface area contributed by atoms with Gasteiger partial charge in [0.15, 0.2) is 0 Å². The highest BCUT2D eigenvalue weighted by atomic mass is 19.1. The molecule has 3 N–H and O–H groups in total. The summed E-state index contributed by atoms with van der Waals surface area (Å²) in [4.78, 5) is 0. The molecule has 3 nitrogen and oxygen atoms in total. The molecule has 0 unspecified atom stereocenters. The van der Waals surface area contributed by atoms with Gasteiger partial charge in [0.2, 0.25) is 0 Å². The summed E-state index contributed by atoms with van der Waals surface area (Å²) in [5, 5.41) is 3.24. The fourth-order valence-corrected chi connectivity index (χ4v) is 1.50. The van der Waals surface area contributed by atoms with Gasteiger partial charge >= 0.3 is 0 Å². The van der Waals surface area contributed by atoms with Crippen molar-refractivity contribution in [3.63, 3.8) is 0 Å². The number of hydrogen-bond donors (Lipinski definition) is 2. The van der Waals surface area contributed by atoms with Crippen LogP contribution >= 0.6 is 0 Å². The van der Waals surface area contributed by atoms with Gasteiger partial charge in [0, 0.05) is 20.3 Å². The van der Waals surface area contributed by atoms with Crippen LogP contribution in [0.2, 0.25) is 0 Å². The van der Waals surface area contributed by atoms with Gasteiger partial charge < -0.3 is 15.8 Å². The lowest BCUT2D eigenvalue weighted by molar-refractivity contribution is 0.157. The van der Waals surface area contributed by atoms with Crippen molar-refractivity contribution in [2.45, 2.75) is 20.3 Å². The first-order chi connectivity index (χ1) is 7.94. The lowest BCUT2D eigenvalue weighted by Gasteiger charge is -2.25. The first kappa shape index (κ1) is 13.8. The van der Waals surface area contributed by atoms with E-state index in [9.17, 15) is 4.39 Å². The molecule has 0 radical (unpaired) electrons. The molecule has 0 amide bonds. The monoisotopic (exact) mass is 240 g/mol. The van der Waals surface area contributed by atoms with Gasteiger partial charge in [-0.2, -0.15) is 0 Å². The van der Waals surface area contributed by atoms with E-state index in [0.717, 1.165) is 25.3 Å². The van der Waals surface area contributed by atoms with Gasteiger partial charge in [-0.1, -0.05) is 13.8 Å². The second-order valence-electron chi connectivity index (χ2n) is 4.99. The third-order valence-corrected chi connectivity index (χ3v) is 2.75. The molecule has 0 aliphatic rings. The predicted molar refractivity (Wildman–Crippen MR) is 69.6 cm³/mol. The molecule has 0 heterocycles. The van der Waals surface area contributed by atoms with Crippen molar-refractivity contribution >= 4 is 11.4 Å². The van der Waals surface area contributed by atoms with Gasteiger partial charge in [0.25, 0.3) is 0 Å². The summed E-state index contributed by atoms with van der Waals surface area (Å²) in [6.07, 6.45) is 0.956. The zero-order valence-electron chi connectivity index (χ0n) is 10.7. The van der Waals surface area contributed by atoms with E-state index in [4.69, 9.17) is 10.5 Å². The van der Waals surface area contributed by atoms with Gasteiger partial charge in [0.05, 0.1) is 11.4 Å². The van der Waals surface area contributed by atoms with Crippen molar-refractivity contribution < 1.29 is 9.13 Å². The molecule has 17 heavy (non-hydrogen) atoms. The Hall–Kier alpha value is -1.29. The molecule has 0 fully saturated rings. The topological polar surface area (TPSA) is 47.3 Å². The second kappa shape index (κ2) is 5.87. The van der Waals surface area contributed by atoms with Crippen molar-refractivity contribution in [1.82, 2.24) is 0 Å². The number of halogens is 1. The third-order valence-electron chi connectivity index (χ3n) is 2.75. The fraction of sp³-hybridized carbons (Fsp3) is 0.538. The molecule has 0 saturated heterocycles. The van der Waals surface area contributed by atoms with Crippen LogP contribution in [-0.2, 0) is 4.74 Å². The van der Waals surface area contributed by atoms with Crippen LogP contribution in [0.3, 0.4) is 0 Å².